The van der Waals surface area contributed by atoms with Crippen molar-refractivity contribution < 1.29 is 4.74 Å². The summed E-state index contributed by atoms with van der Waals surface area (Å²) >= 11 is 4.95. The predicted octanol–water partition coefficient (Wildman–Crippen LogP) is 1.87. The van der Waals surface area contributed by atoms with E-state index in [-0.39, 0.29) is 5.60 Å². The topological polar surface area (TPSA) is 35.2 Å². The van der Waals surface area contributed by atoms with Crippen LogP contribution in [-0.2, 0) is 4.74 Å². The maximum Gasteiger partial charge on any atom is 0.117 e. The van der Waals surface area contributed by atoms with Crippen LogP contribution in [0.3, 0.4) is 0 Å². The van der Waals surface area contributed by atoms with E-state index in [0.717, 1.165) is 12.8 Å². The molecule has 0 heterocycles. The second-order valence-electron chi connectivity index (χ2n) is 2.50. The monoisotopic (exact) mass is 175 g/mol. The molecule has 3 heteroatoms. The largest absolute Gasteiger partial charge is 0.391 e. The molecule has 0 fully saturated rings. The average molecular weight is 175 g/mol. The van der Waals surface area contributed by atoms with Crippen LogP contribution in [0.25, 0.3) is 0 Å². The van der Waals surface area contributed by atoms with Gasteiger partial charge in [-0.3, -0.25) is 0 Å². The second-order valence-corrected chi connectivity index (χ2v) is 2.94. The predicted molar refractivity (Wildman–Crippen MR) is 51.7 cm³/mol. The zero-order valence-electron chi connectivity index (χ0n) is 7.52. The van der Waals surface area contributed by atoms with Crippen molar-refractivity contribution >= 4 is 17.2 Å². The van der Waals surface area contributed by atoms with Gasteiger partial charge < -0.3 is 10.5 Å². The molecule has 0 saturated heterocycles. The molecule has 0 saturated carbocycles. The van der Waals surface area contributed by atoms with Gasteiger partial charge in [-0.1, -0.05) is 26.1 Å². The quantitative estimate of drug-likeness (QED) is 0.648. The van der Waals surface area contributed by atoms with Crippen LogP contribution in [0.1, 0.15) is 33.6 Å². The number of hydrogen-bond acceptors (Lipinski definition) is 2. The van der Waals surface area contributed by atoms with Crippen LogP contribution >= 0.6 is 12.2 Å². The zero-order valence-corrected chi connectivity index (χ0v) is 8.33. The van der Waals surface area contributed by atoms with E-state index in [1.165, 1.54) is 0 Å². The highest BCUT2D eigenvalue weighted by Crippen LogP contribution is 2.20. The molecule has 2 N–H and O–H groups in total. The minimum atomic E-state index is -0.357. The fraction of sp³-hybridized carbons (Fsp3) is 0.875. The minimum Gasteiger partial charge on any atom is -0.391 e. The maximum absolute atomic E-state index is 5.59. The maximum atomic E-state index is 5.59. The first-order valence-corrected chi connectivity index (χ1v) is 4.47. The Morgan fingerprint density at radius 1 is 1.36 bits per heavy atom. The molecule has 0 amide bonds. The number of nitrogens with two attached hydrogens (primary N) is 1. The van der Waals surface area contributed by atoms with Gasteiger partial charge in [-0.25, -0.2) is 0 Å². The number of rotatable bonds is 5. The van der Waals surface area contributed by atoms with E-state index >= 15 is 0 Å². The van der Waals surface area contributed by atoms with Gasteiger partial charge in [0, 0.05) is 6.61 Å². The molecule has 0 aromatic rings. The van der Waals surface area contributed by atoms with Crippen LogP contribution < -0.4 is 5.73 Å². The van der Waals surface area contributed by atoms with Gasteiger partial charge in [-0.05, 0) is 19.8 Å². The van der Waals surface area contributed by atoms with Gasteiger partial charge in [-0.2, -0.15) is 0 Å². The molecule has 0 unspecified atom stereocenters. The van der Waals surface area contributed by atoms with Crippen molar-refractivity contribution in [3.05, 3.63) is 0 Å². The normalized spacial score (nSPS) is 11.5. The summed E-state index contributed by atoms with van der Waals surface area (Å²) in [6, 6.07) is 0. The van der Waals surface area contributed by atoms with Crippen molar-refractivity contribution in [3.8, 4) is 0 Å². The summed E-state index contributed by atoms with van der Waals surface area (Å²) in [5, 5.41) is 0. The molecule has 0 aliphatic rings. The fourth-order valence-corrected chi connectivity index (χ4v) is 1.50. The van der Waals surface area contributed by atoms with E-state index < -0.39 is 0 Å². The summed E-state index contributed by atoms with van der Waals surface area (Å²) < 4.78 is 5.52. The van der Waals surface area contributed by atoms with Crippen LogP contribution in [0.4, 0.5) is 0 Å². The van der Waals surface area contributed by atoms with Crippen molar-refractivity contribution in [2.75, 3.05) is 6.61 Å². The van der Waals surface area contributed by atoms with E-state index in [9.17, 15) is 0 Å². The summed E-state index contributed by atoms with van der Waals surface area (Å²) in [6.45, 7) is 6.70. The number of hydrogen-bond donors (Lipinski definition) is 1. The molecule has 0 atom stereocenters. The lowest BCUT2D eigenvalue weighted by Gasteiger charge is -2.29. The van der Waals surface area contributed by atoms with Crippen molar-refractivity contribution in [2.24, 2.45) is 5.73 Å². The smallest absolute Gasteiger partial charge is 0.117 e. The van der Waals surface area contributed by atoms with Gasteiger partial charge >= 0.3 is 0 Å². The lowest BCUT2D eigenvalue weighted by molar-refractivity contribution is 0.0107. The molecule has 2 nitrogen and oxygen atoms in total. The Kier molecular flexibility index (Phi) is 4.61. The summed E-state index contributed by atoms with van der Waals surface area (Å²) in [4.78, 5) is 0.476. The lowest BCUT2D eigenvalue weighted by atomic mass is 9.97. The molecule has 66 valence electrons. The van der Waals surface area contributed by atoms with Gasteiger partial charge in [0.2, 0.25) is 0 Å². The Labute approximate surface area is 74.1 Å². The van der Waals surface area contributed by atoms with Gasteiger partial charge in [0.25, 0.3) is 0 Å². The molecular formula is C8H17NOS. The molecular weight excluding hydrogens is 158 g/mol. The first-order chi connectivity index (χ1) is 5.13. The Morgan fingerprint density at radius 3 is 1.91 bits per heavy atom. The Bertz CT molecular complexity index is 132. The Morgan fingerprint density at radius 2 is 1.82 bits per heavy atom. The molecule has 0 aromatic heterocycles. The van der Waals surface area contributed by atoms with E-state index in [1.54, 1.807) is 0 Å². The van der Waals surface area contributed by atoms with E-state index in [0.29, 0.717) is 11.6 Å². The SMILES string of the molecule is CCOC(CC)(CC)C(N)=S. The highest BCUT2D eigenvalue weighted by atomic mass is 32.1. The number of thiocarbonyl (C=S) groups is 1. The summed E-state index contributed by atoms with van der Waals surface area (Å²) in [6.07, 6.45) is 1.71. The first-order valence-electron chi connectivity index (χ1n) is 4.06. The van der Waals surface area contributed by atoms with E-state index in [2.05, 4.69) is 0 Å². The highest BCUT2D eigenvalue weighted by molar-refractivity contribution is 7.80. The van der Waals surface area contributed by atoms with Crippen molar-refractivity contribution in [3.63, 3.8) is 0 Å². The summed E-state index contributed by atoms with van der Waals surface area (Å²) in [7, 11) is 0. The number of ether oxygens (including phenoxy) is 1. The van der Waals surface area contributed by atoms with E-state index in [4.69, 9.17) is 22.7 Å². The van der Waals surface area contributed by atoms with Gasteiger partial charge in [0.1, 0.15) is 10.6 Å². The third kappa shape index (κ3) is 2.42. The minimum absolute atomic E-state index is 0.357. The van der Waals surface area contributed by atoms with Crippen molar-refractivity contribution in [1.29, 1.82) is 0 Å². The molecule has 0 spiro atoms. The molecule has 0 aliphatic carbocycles. The highest BCUT2D eigenvalue weighted by Gasteiger charge is 2.29. The van der Waals surface area contributed by atoms with Crippen LogP contribution in [0.5, 0.6) is 0 Å². The third-order valence-electron chi connectivity index (χ3n) is 2.01. The van der Waals surface area contributed by atoms with E-state index in [1.807, 2.05) is 20.8 Å². The zero-order chi connectivity index (χ0) is 8.91. The molecule has 0 rings (SSSR count). The Balaban J connectivity index is 4.32. The summed E-state index contributed by atoms with van der Waals surface area (Å²) in [5.74, 6) is 0. The van der Waals surface area contributed by atoms with Crippen LogP contribution in [0.2, 0.25) is 0 Å². The van der Waals surface area contributed by atoms with Crippen LogP contribution in [0, 0.1) is 0 Å². The third-order valence-corrected chi connectivity index (χ3v) is 2.38. The fourth-order valence-electron chi connectivity index (χ4n) is 1.15. The summed E-state index contributed by atoms with van der Waals surface area (Å²) in [5.41, 5.74) is 5.23. The van der Waals surface area contributed by atoms with Gasteiger partial charge in [0.15, 0.2) is 0 Å². The molecule has 0 radical (unpaired) electrons. The van der Waals surface area contributed by atoms with Crippen LogP contribution in [0.15, 0.2) is 0 Å². The average Bonchev–Trinajstić information content (AvgIpc) is 2.00. The Hall–Kier alpha value is -0.150. The standard InChI is InChI=1S/C8H17NOS/c1-4-8(5-2,7(9)11)10-6-3/h4-6H2,1-3H3,(H2,9,11). The first kappa shape index (κ1) is 10.8. The molecule has 0 bridgehead atoms. The van der Waals surface area contributed by atoms with Crippen molar-refractivity contribution in [2.45, 2.75) is 39.2 Å². The van der Waals surface area contributed by atoms with Crippen molar-refractivity contribution in [1.82, 2.24) is 0 Å². The van der Waals surface area contributed by atoms with Gasteiger partial charge in [0.05, 0.1) is 0 Å². The molecule has 0 aromatic carbocycles. The van der Waals surface area contributed by atoms with Crippen LogP contribution in [-0.4, -0.2) is 17.2 Å². The lowest BCUT2D eigenvalue weighted by Crippen LogP contribution is -2.44. The molecule has 0 aliphatic heterocycles. The molecule has 11 heavy (non-hydrogen) atoms. The van der Waals surface area contributed by atoms with Gasteiger partial charge in [-0.15, -0.1) is 0 Å². The second kappa shape index (κ2) is 4.67.